The van der Waals surface area contributed by atoms with Crippen LogP contribution in [0.3, 0.4) is 0 Å². The Balaban J connectivity index is 1.84. The summed E-state index contributed by atoms with van der Waals surface area (Å²) in [6, 6.07) is 8.86. The molecule has 1 amide bonds. The van der Waals surface area contributed by atoms with E-state index in [9.17, 15) is 4.79 Å². The second-order valence-corrected chi connectivity index (χ2v) is 6.60. The van der Waals surface area contributed by atoms with Gasteiger partial charge in [0.25, 0.3) is 5.91 Å². The molecule has 2 aromatic carbocycles. The molecule has 1 heterocycles. The predicted molar refractivity (Wildman–Crippen MR) is 107 cm³/mol. The van der Waals surface area contributed by atoms with Gasteiger partial charge in [0.1, 0.15) is 0 Å². The van der Waals surface area contributed by atoms with Crippen LogP contribution >= 0.6 is 11.6 Å². The predicted octanol–water partition coefficient (Wildman–Crippen LogP) is 4.22. The fraction of sp³-hybridized carbons (Fsp3) is 0.350. The van der Waals surface area contributed by atoms with Crippen LogP contribution in [0.15, 0.2) is 30.3 Å². The van der Waals surface area contributed by atoms with Gasteiger partial charge in [-0.3, -0.25) is 4.79 Å². The quantitative estimate of drug-likeness (QED) is 0.800. The number of nitrogens with zero attached hydrogens (tertiary/aromatic N) is 1. The van der Waals surface area contributed by atoms with Crippen LogP contribution in [0.2, 0.25) is 5.02 Å². The number of hydrogen-bond donors (Lipinski definition) is 1. The van der Waals surface area contributed by atoms with Gasteiger partial charge in [-0.25, -0.2) is 0 Å². The standard InChI is InChI=1S/C20H23ClN2O4/c1-25-17-9-7-14(18(26-2)19(17)27-3)20(24)22-13-6-8-16(15(21)12-13)23-10-4-5-11-23/h6-9,12H,4-5,10-11H2,1-3H3,(H,22,24). The minimum absolute atomic E-state index is 0.314. The first-order valence-corrected chi connectivity index (χ1v) is 9.11. The Kier molecular flexibility index (Phi) is 5.96. The normalized spacial score (nSPS) is 13.4. The lowest BCUT2D eigenvalue weighted by Crippen LogP contribution is -2.18. The first kappa shape index (κ1) is 19.2. The van der Waals surface area contributed by atoms with E-state index in [0.29, 0.717) is 33.5 Å². The third-order valence-corrected chi connectivity index (χ3v) is 4.90. The SMILES string of the molecule is COc1ccc(C(=O)Nc2ccc(N3CCCC3)c(Cl)c2)c(OC)c1OC. The molecule has 144 valence electrons. The van der Waals surface area contributed by atoms with E-state index in [2.05, 4.69) is 10.2 Å². The van der Waals surface area contributed by atoms with E-state index in [1.54, 1.807) is 18.2 Å². The van der Waals surface area contributed by atoms with Crippen LogP contribution in [0.1, 0.15) is 23.2 Å². The second kappa shape index (κ2) is 8.39. The van der Waals surface area contributed by atoms with Gasteiger partial charge in [0.15, 0.2) is 11.5 Å². The highest BCUT2D eigenvalue weighted by Crippen LogP contribution is 2.40. The Morgan fingerprint density at radius 1 is 1.00 bits per heavy atom. The molecule has 0 atom stereocenters. The van der Waals surface area contributed by atoms with Crippen LogP contribution in [0.4, 0.5) is 11.4 Å². The van der Waals surface area contributed by atoms with E-state index in [-0.39, 0.29) is 5.91 Å². The molecule has 1 N–H and O–H groups in total. The van der Waals surface area contributed by atoms with E-state index in [4.69, 9.17) is 25.8 Å². The van der Waals surface area contributed by atoms with Gasteiger partial charge >= 0.3 is 0 Å². The number of carbonyl (C=O) groups is 1. The van der Waals surface area contributed by atoms with Crippen molar-refractivity contribution in [3.63, 3.8) is 0 Å². The topological polar surface area (TPSA) is 60.0 Å². The lowest BCUT2D eigenvalue weighted by atomic mass is 10.1. The molecule has 0 bridgehead atoms. The Labute approximate surface area is 164 Å². The van der Waals surface area contributed by atoms with Crippen molar-refractivity contribution in [3.05, 3.63) is 40.9 Å². The van der Waals surface area contributed by atoms with Gasteiger partial charge in [0, 0.05) is 18.8 Å². The number of ether oxygens (including phenoxy) is 3. The smallest absolute Gasteiger partial charge is 0.259 e. The molecule has 2 aromatic rings. The summed E-state index contributed by atoms with van der Waals surface area (Å²) in [5.41, 5.74) is 1.95. The van der Waals surface area contributed by atoms with Crippen molar-refractivity contribution in [2.24, 2.45) is 0 Å². The van der Waals surface area contributed by atoms with Crippen molar-refractivity contribution < 1.29 is 19.0 Å². The molecule has 0 unspecified atom stereocenters. The Bertz CT molecular complexity index is 835. The fourth-order valence-electron chi connectivity index (χ4n) is 3.28. The average Bonchev–Trinajstić information content (AvgIpc) is 3.21. The van der Waals surface area contributed by atoms with Crippen molar-refractivity contribution >= 4 is 28.9 Å². The molecule has 27 heavy (non-hydrogen) atoms. The van der Waals surface area contributed by atoms with Crippen LogP contribution in [-0.4, -0.2) is 40.3 Å². The molecule has 3 rings (SSSR count). The summed E-state index contributed by atoms with van der Waals surface area (Å²) in [6.45, 7) is 2.02. The van der Waals surface area contributed by atoms with Gasteiger partial charge in [-0.2, -0.15) is 0 Å². The van der Waals surface area contributed by atoms with E-state index >= 15 is 0 Å². The van der Waals surface area contributed by atoms with Crippen LogP contribution in [0.25, 0.3) is 0 Å². The van der Waals surface area contributed by atoms with E-state index in [1.165, 1.54) is 34.2 Å². The third kappa shape index (κ3) is 3.90. The number of hydrogen-bond acceptors (Lipinski definition) is 5. The summed E-state index contributed by atoms with van der Waals surface area (Å²) in [5.74, 6) is 0.853. The van der Waals surface area contributed by atoms with Crippen LogP contribution in [0.5, 0.6) is 17.2 Å². The number of rotatable bonds is 6. The van der Waals surface area contributed by atoms with E-state index < -0.39 is 0 Å². The molecule has 1 aliphatic heterocycles. The maximum atomic E-state index is 12.8. The average molecular weight is 391 g/mol. The summed E-state index contributed by atoms with van der Waals surface area (Å²) in [5, 5.41) is 3.48. The largest absolute Gasteiger partial charge is 0.493 e. The summed E-state index contributed by atoms with van der Waals surface area (Å²) in [4.78, 5) is 15.0. The first-order chi connectivity index (χ1) is 13.1. The molecule has 1 fully saturated rings. The molecular formula is C20H23ClN2O4. The minimum Gasteiger partial charge on any atom is -0.493 e. The van der Waals surface area contributed by atoms with Gasteiger partial charge in [-0.05, 0) is 43.2 Å². The summed E-state index contributed by atoms with van der Waals surface area (Å²) < 4.78 is 16.0. The van der Waals surface area contributed by atoms with Crippen molar-refractivity contribution in [2.75, 3.05) is 44.6 Å². The zero-order valence-electron chi connectivity index (χ0n) is 15.7. The summed E-state index contributed by atoms with van der Waals surface area (Å²) in [6.07, 6.45) is 2.35. The maximum absolute atomic E-state index is 12.8. The summed E-state index contributed by atoms with van der Waals surface area (Å²) in [7, 11) is 4.51. The number of amides is 1. The number of nitrogens with one attached hydrogen (secondary N) is 1. The Morgan fingerprint density at radius 3 is 2.30 bits per heavy atom. The molecule has 0 spiro atoms. The molecule has 7 heteroatoms. The van der Waals surface area contributed by atoms with Crippen molar-refractivity contribution in [2.45, 2.75) is 12.8 Å². The minimum atomic E-state index is -0.321. The molecule has 0 aromatic heterocycles. The number of anilines is 2. The van der Waals surface area contributed by atoms with Crippen LogP contribution in [0, 0.1) is 0 Å². The maximum Gasteiger partial charge on any atom is 0.259 e. The zero-order chi connectivity index (χ0) is 19.4. The second-order valence-electron chi connectivity index (χ2n) is 6.20. The van der Waals surface area contributed by atoms with Gasteiger partial charge in [-0.1, -0.05) is 11.6 Å². The first-order valence-electron chi connectivity index (χ1n) is 8.74. The van der Waals surface area contributed by atoms with Crippen molar-refractivity contribution in [3.8, 4) is 17.2 Å². The lowest BCUT2D eigenvalue weighted by molar-refractivity contribution is 0.102. The van der Waals surface area contributed by atoms with Crippen molar-refractivity contribution in [1.82, 2.24) is 0 Å². The third-order valence-electron chi connectivity index (χ3n) is 4.60. The van der Waals surface area contributed by atoms with Gasteiger partial charge in [0.05, 0.1) is 37.6 Å². The van der Waals surface area contributed by atoms with Gasteiger partial charge in [-0.15, -0.1) is 0 Å². The van der Waals surface area contributed by atoms with Crippen molar-refractivity contribution in [1.29, 1.82) is 0 Å². The van der Waals surface area contributed by atoms with E-state index in [0.717, 1.165) is 18.8 Å². The molecule has 0 radical (unpaired) electrons. The van der Waals surface area contributed by atoms with E-state index in [1.807, 2.05) is 12.1 Å². The molecule has 0 saturated carbocycles. The molecule has 6 nitrogen and oxygen atoms in total. The lowest BCUT2D eigenvalue weighted by Gasteiger charge is -2.20. The zero-order valence-corrected chi connectivity index (χ0v) is 16.4. The molecule has 1 saturated heterocycles. The number of carbonyl (C=O) groups excluding carboxylic acids is 1. The fourth-order valence-corrected chi connectivity index (χ4v) is 3.58. The monoisotopic (exact) mass is 390 g/mol. The van der Waals surface area contributed by atoms with Crippen LogP contribution < -0.4 is 24.4 Å². The number of halogens is 1. The Morgan fingerprint density at radius 2 is 1.70 bits per heavy atom. The Hall–Kier alpha value is -2.60. The molecule has 0 aliphatic carbocycles. The highest BCUT2D eigenvalue weighted by molar-refractivity contribution is 6.33. The number of methoxy groups -OCH3 is 3. The highest BCUT2D eigenvalue weighted by atomic mass is 35.5. The van der Waals surface area contributed by atoms with Gasteiger partial charge in [0.2, 0.25) is 5.75 Å². The summed E-state index contributed by atoms with van der Waals surface area (Å²) >= 11 is 6.43. The van der Waals surface area contributed by atoms with Crippen LogP contribution in [-0.2, 0) is 0 Å². The highest BCUT2D eigenvalue weighted by Gasteiger charge is 2.21. The van der Waals surface area contributed by atoms with Gasteiger partial charge < -0.3 is 24.4 Å². The molecule has 1 aliphatic rings. The molecular weight excluding hydrogens is 368 g/mol. The number of benzene rings is 2.